The lowest BCUT2D eigenvalue weighted by Gasteiger charge is -2.24. The van der Waals surface area contributed by atoms with Crippen molar-refractivity contribution in [3.8, 4) is 46.0 Å². The quantitative estimate of drug-likeness (QED) is 0.124. The van der Waals surface area contributed by atoms with Crippen LogP contribution in [0.4, 0.5) is 0 Å². The summed E-state index contributed by atoms with van der Waals surface area (Å²) in [6, 6.07) is 9.86. The molecule has 4 N–H and O–H groups in total. The first-order valence-corrected chi connectivity index (χ1v) is 19.6. The molecule has 0 unspecified atom stereocenters. The Hall–Kier alpha value is -4.50. The Morgan fingerprint density at radius 3 is 1.64 bits per heavy atom. The number of aryl methyl sites for hydroxylation is 2. The van der Waals surface area contributed by atoms with Crippen LogP contribution in [0.1, 0.15) is 107 Å². The van der Waals surface area contributed by atoms with Crippen LogP contribution in [0.15, 0.2) is 45.3 Å². The van der Waals surface area contributed by atoms with Gasteiger partial charge in [0.05, 0.1) is 36.5 Å². The first kappa shape index (κ1) is 42.6. The van der Waals surface area contributed by atoms with Gasteiger partial charge < -0.3 is 48.8 Å². The van der Waals surface area contributed by atoms with E-state index in [2.05, 4.69) is 31.9 Å². The Labute approximate surface area is 342 Å². The molecule has 0 aromatic heterocycles. The molecule has 0 spiro atoms. The van der Waals surface area contributed by atoms with Crippen LogP contribution in [-0.2, 0) is 22.7 Å². The van der Waals surface area contributed by atoms with Crippen molar-refractivity contribution < 1.29 is 58.4 Å². The second kappa shape index (κ2) is 17.7. The molecule has 0 radical (unpaired) electrons. The summed E-state index contributed by atoms with van der Waals surface area (Å²) >= 11 is 6.80. The number of aromatic hydroxyl groups is 2. The van der Waals surface area contributed by atoms with E-state index in [1.165, 1.54) is 14.2 Å². The first-order valence-electron chi connectivity index (χ1n) is 18.0. The molecule has 2 atom stereocenters. The average Bonchev–Trinajstić information content (AvgIpc) is 3.13. The topological polar surface area (TPSA) is 170 Å². The van der Waals surface area contributed by atoms with Crippen molar-refractivity contribution in [2.45, 2.75) is 79.8 Å². The summed E-state index contributed by atoms with van der Waals surface area (Å²) in [5, 5.41) is 42.0. The van der Waals surface area contributed by atoms with Crippen LogP contribution in [0.25, 0.3) is 0 Å². The number of methoxy groups -OCH3 is 2. The highest BCUT2D eigenvalue weighted by molar-refractivity contribution is 9.11. The van der Waals surface area contributed by atoms with Gasteiger partial charge in [-0.1, -0.05) is 27.7 Å². The lowest BCUT2D eigenvalue weighted by Crippen LogP contribution is -2.15. The van der Waals surface area contributed by atoms with Gasteiger partial charge in [0.1, 0.15) is 47.3 Å². The number of carbonyl (C=O) groups excluding carboxylic acids is 2. The van der Waals surface area contributed by atoms with Gasteiger partial charge in [-0.2, -0.15) is 0 Å². The second-order valence-corrected chi connectivity index (χ2v) is 16.0. The molecule has 2 aliphatic rings. The zero-order valence-electron chi connectivity index (χ0n) is 32.4. The maximum Gasteiger partial charge on any atom is 0.346 e. The first-order chi connectivity index (χ1) is 26.5. The van der Waals surface area contributed by atoms with Crippen molar-refractivity contribution in [3.05, 3.63) is 89.9 Å². The lowest BCUT2D eigenvalue weighted by molar-refractivity contribution is 0.0443. The van der Waals surface area contributed by atoms with E-state index < -0.39 is 24.1 Å². The average molecular weight is 903 g/mol. The van der Waals surface area contributed by atoms with Gasteiger partial charge >= 0.3 is 11.9 Å². The maximum absolute atomic E-state index is 12.8. The third-order valence-electron chi connectivity index (χ3n) is 9.28. The number of phenolic OH excluding ortho intramolecular Hbond substituents is 2. The predicted molar refractivity (Wildman–Crippen MR) is 214 cm³/mol. The smallest absolute Gasteiger partial charge is 0.346 e. The van der Waals surface area contributed by atoms with E-state index in [0.29, 0.717) is 44.0 Å². The van der Waals surface area contributed by atoms with Crippen LogP contribution in [0.5, 0.6) is 46.0 Å². The third kappa shape index (κ3) is 8.73. The van der Waals surface area contributed by atoms with Gasteiger partial charge in [0, 0.05) is 21.2 Å². The predicted octanol–water partition coefficient (Wildman–Crippen LogP) is 10.0. The summed E-state index contributed by atoms with van der Waals surface area (Å²) in [6.07, 6.45) is -0.561. The summed E-state index contributed by atoms with van der Waals surface area (Å²) in [5.41, 5.74) is 3.84. The Bertz CT molecular complexity index is 2080. The van der Waals surface area contributed by atoms with Gasteiger partial charge in [-0.05, 0) is 118 Å². The minimum Gasteiger partial charge on any atom is -0.504 e. The zero-order chi connectivity index (χ0) is 41.2. The molecule has 0 bridgehead atoms. The molecule has 56 heavy (non-hydrogen) atoms. The highest BCUT2D eigenvalue weighted by Crippen LogP contribution is 2.48. The van der Waals surface area contributed by atoms with Crippen LogP contribution >= 0.6 is 31.9 Å². The van der Waals surface area contributed by atoms with Gasteiger partial charge in [0.2, 0.25) is 0 Å². The number of hydrogen-bond donors (Lipinski definition) is 4. The molecule has 0 saturated heterocycles. The normalized spacial score (nSPS) is 14.3. The monoisotopic (exact) mass is 900 g/mol. The summed E-state index contributed by atoms with van der Waals surface area (Å²) in [5.74, 6) is 0.388. The summed E-state index contributed by atoms with van der Waals surface area (Å²) in [4.78, 5) is 25.5. The minimum atomic E-state index is -0.795. The van der Waals surface area contributed by atoms with E-state index in [0.717, 1.165) is 11.1 Å². The number of benzene rings is 4. The van der Waals surface area contributed by atoms with Gasteiger partial charge in [-0.25, -0.2) is 9.59 Å². The fourth-order valence-electron chi connectivity index (χ4n) is 6.59. The molecule has 300 valence electrons. The van der Waals surface area contributed by atoms with Crippen LogP contribution in [0.3, 0.4) is 0 Å². The summed E-state index contributed by atoms with van der Waals surface area (Å²) in [7, 11) is 2.86. The molecule has 4 aromatic carbocycles. The summed E-state index contributed by atoms with van der Waals surface area (Å²) in [6.45, 7) is 11.5. The fraction of sp³-hybridized carbons (Fsp3) is 0.381. The van der Waals surface area contributed by atoms with Gasteiger partial charge in [-0.3, -0.25) is 0 Å². The molecule has 2 aliphatic heterocycles. The molecule has 0 fully saturated rings. The van der Waals surface area contributed by atoms with Gasteiger partial charge in [0.15, 0.2) is 23.0 Å². The van der Waals surface area contributed by atoms with E-state index in [1.807, 2.05) is 41.5 Å². The lowest BCUT2D eigenvalue weighted by atomic mass is 9.96. The Morgan fingerprint density at radius 1 is 0.696 bits per heavy atom. The van der Waals surface area contributed by atoms with Gasteiger partial charge in [-0.15, -0.1) is 0 Å². The zero-order valence-corrected chi connectivity index (χ0v) is 35.6. The standard InChI is InChI=1S/2C21H23BrO6/c1-10(2)7-14(23)13-5-6-15-16(20(13)26-4)21(25)27-9-12-8-11(3)17(22)18(24)19(12)28-15;1-10(2)7-14(23)12-5-6-16-17(20(12)26-4)21(25)27-9-13-18(22)11(3)8-15(24)19(13)28-16/h2*5-6,8,10,14,23-24H,7,9H2,1-4H3/t2*14-/m00/s1. The number of cyclic esters (lactones) is 2. The van der Waals surface area contributed by atoms with Gasteiger partial charge in [0.25, 0.3) is 0 Å². The molecule has 2 heterocycles. The number of hydrogen-bond acceptors (Lipinski definition) is 12. The highest BCUT2D eigenvalue weighted by Gasteiger charge is 2.32. The molecule has 0 saturated carbocycles. The number of rotatable bonds is 8. The van der Waals surface area contributed by atoms with Crippen molar-refractivity contribution in [2.75, 3.05) is 14.2 Å². The van der Waals surface area contributed by atoms with Crippen LogP contribution in [-0.4, -0.2) is 46.6 Å². The van der Waals surface area contributed by atoms with E-state index in [-0.39, 0.29) is 82.2 Å². The third-order valence-corrected chi connectivity index (χ3v) is 11.4. The van der Waals surface area contributed by atoms with Crippen molar-refractivity contribution in [1.29, 1.82) is 0 Å². The van der Waals surface area contributed by atoms with Crippen LogP contribution in [0.2, 0.25) is 0 Å². The molecular weight excluding hydrogens is 856 g/mol. The van der Waals surface area contributed by atoms with E-state index in [9.17, 15) is 30.0 Å². The number of aliphatic hydroxyl groups excluding tert-OH is 2. The van der Waals surface area contributed by atoms with E-state index >= 15 is 0 Å². The Morgan fingerprint density at radius 2 is 1.16 bits per heavy atom. The maximum atomic E-state index is 12.8. The van der Waals surface area contributed by atoms with Crippen molar-refractivity contribution in [1.82, 2.24) is 0 Å². The molecule has 12 nitrogen and oxygen atoms in total. The van der Waals surface area contributed by atoms with Crippen molar-refractivity contribution >= 4 is 43.8 Å². The number of fused-ring (bicyclic) bond motifs is 4. The molecule has 14 heteroatoms. The van der Waals surface area contributed by atoms with Crippen LogP contribution < -0.4 is 18.9 Å². The Kier molecular flexibility index (Phi) is 13.5. The van der Waals surface area contributed by atoms with E-state index in [4.69, 9.17) is 28.4 Å². The second-order valence-electron chi connectivity index (χ2n) is 14.4. The van der Waals surface area contributed by atoms with Crippen molar-refractivity contribution in [3.63, 3.8) is 0 Å². The van der Waals surface area contributed by atoms with Crippen molar-refractivity contribution in [2.24, 2.45) is 11.8 Å². The number of esters is 2. The highest BCUT2D eigenvalue weighted by atomic mass is 79.9. The molecule has 6 rings (SSSR count). The largest absolute Gasteiger partial charge is 0.504 e. The number of carbonyl (C=O) groups is 2. The molecule has 0 aliphatic carbocycles. The molecule has 4 aromatic rings. The molecule has 0 amide bonds. The fourth-order valence-corrected chi connectivity index (χ4v) is 7.30. The van der Waals surface area contributed by atoms with E-state index in [1.54, 1.807) is 36.4 Å². The number of halogens is 2. The minimum absolute atomic E-state index is 0.0533. The Balaban J connectivity index is 0.000000214. The molecular formula is C42H46Br2O12. The summed E-state index contributed by atoms with van der Waals surface area (Å²) < 4.78 is 34.9. The number of aliphatic hydroxyl groups is 2. The number of phenols is 2. The SMILES string of the molecule is COc1c([C@@H](O)CC(C)C)ccc2c1C(=O)OCc1c(Br)c(C)cc(O)c1O2.COc1c([C@@H](O)CC(C)C)ccc2c1C(=O)OCc1cc(C)c(Br)c(O)c1O2. The van der Waals surface area contributed by atoms with Crippen LogP contribution in [0, 0.1) is 25.7 Å². The number of ether oxygens (including phenoxy) is 6.